The monoisotopic (exact) mass is 375 g/mol. The van der Waals surface area contributed by atoms with E-state index in [1.54, 1.807) is 11.8 Å². The molecule has 0 atom stereocenters. The summed E-state index contributed by atoms with van der Waals surface area (Å²) < 4.78 is 23.7. The maximum absolute atomic E-state index is 12.9. The highest BCUT2D eigenvalue weighted by Crippen LogP contribution is 2.40. The second-order valence-corrected chi connectivity index (χ2v) is 7.77. The summed E-state index contributed by atoms with van der Waals surface area (Å²) in [6.45, 7) is 1.86. The van der Waals surface area contributed by atoms with Crippen molar-refractivity contribution in [2.75, 3.05) is 26.4 Å². The van der Waals surface area contributed by atoms with Crippen LogP contribution < -0.4 is 10.1 Å². The lowest BCUT2D eigenvalue weighted by Crippen LogP contribution is -2.45. The zero-order valence-electron chi connectivity index (χ0n) is 14.4. The zero-order chi connectivity index (χ0) is 18.2. The van der Waals surface area contributed by atoms with Crippen molar-refractivity contribution in [1.29, 1.82) is 0 Å². The fraction of sp³-hybridized carbons (Fsp3) is 0.350. The third-order valence-electron chi connectivity index (χ3n) is 4.27. The van der Waals surface area contributed by atoms with Crippen LogP contribution in [0.5, 0.6) is 5.75 Å². The number of hydrogen-bond donors (Lipinski definition) is 1. The molecule has 1 heterocycles. The molecule has 0 aliphatic carbocycles. The summed E-state index contributed by atoms with van der Waals surface area (Å²) in [7, 11) is 0. The van der Waals surface area contributed by atoms with Crippen LogP contribution in [0.15, 0.2) is 59.5 Å². The number of rotatable bonds is 7. The maximum Gasteiger partial charge on any atom is 0.257 e. The van der Waals surface area contributed by atoms with Gasteiger partial charge < -0.3 is 14.8 Å². The van der Waals surface area contributed by atoms with Crippen LogP contribution in [0, 0.1) is 5.82 Å². The van der Waals surface area contributed by atoms with Crippen LogP contribution in [0.4, 0.5) is 4.39 Å². The van der Waals surface area contributed by atoms with Gasteiger partial charge in [0.25, 0.3) is 5.91 Å². The zero-order valence-corrected chi connectivity index (χ0v) is 15.3. The number of carbonyl (C=O) groups is 1. The number of hydrogen-bond acceptors (Lipinski definition) is 4. The van der Waals surface area contributed by atoms with Gasteiger partial charge in [-0.05, 0) is 49.2 Å². The molecule has 6 heteroatoms. The number of halogens is 1. The lowest BCUT2D eigenvalue weighted by atomic mass is 9.99. The molecule has 4 nitrogen and oxygen atoms in total. The van der Waals surface area contributed by atoms with E-state index in [-0.39, 0.29) is 23.1 Å². The van der Waals surface area contributed by atoms with Crippen LogP contribution >= 0.6 is 11.8 Å². The van der Waals surface area contributed by atoms with E-state index < -0.39 is 0 Å². The first-order chi connectivity index (χ1) is 12.7. The van der Waals surface area contributed by atoms with Gasteiger partial charge >= 0.3 is 0 Å². The molecular weight excluding hydrogens is 353 g/mol. The van der Waals surface area contributed by atoms with Gasteiger partial charge in [0.15, 0.2) is 6.61 Å². The van der Waals surface area contributed by atoms with Crippen molar-refractivity contribution >= 4 is 17.7 Å². The van der Waals surface area contributed by atoms with Gasteiger partial charge in [-0.2, -0.15) is 0 Å². The molecule has 0 radical (unpaired) electrons. The fourth-order valence-corrected chi connectivity index (χ4v) is 4.10. The second kappa shape index (κ2) is 9.05. The van der Waals surface area contributed by atoms with E-state index >= 15 is 0 Å². The first-order valence-electron chi connectivity index (χ1n) is 8.62. The minimum atomic E-state index is -0.332. The van der Waals surface area contributed by atoms with Crippen molar-refractivity contribution < 1.29 is 18.7 Å². The third kappa shape index (κ3) is 5.47. The summed E-state index contributed by atoms with van der Waals surface area (Å²) in [6, 6.07) is 15.8. The minimum Gasteiger partial charge on any atom is -0.484 e. The molecule has 0 unspecified atom stereocenters. The highest BCUT2D eigenvalue weighted by atomic mass is 32.2. The lowest BCUT2D eigenvalue weighted by molar-refractivity contribution is -0.123. The van der Waals surface area contributed by atoms with E-state index in [2.05, 4.69) is 17.4 Å². The number of benzene rings is 2. The average molecular weight is 375 g/mol. The van der Waals surface area contributed by atoms with Crippen molar-refractivity contribution in [1.82, 2.24) is 5.32 Å². The van der Waals surface area contributed by atoms with Gasteiger partial charge in [-0.15, -0.1) is 11.8 Å². The smallest absolute Gasteiger partial charge is 0.257 e. The minimum absolute atomic E-state index is 0.0782. The molecule has 0 spiro atoms. The van der Waals surface area contributed by atoms with E-state index in [0.717, 1.165) is 12.8 Å². The molecule has 2 aromatic carbocycles. The Morgan fingerprint density at radius 3 is 2.50 bits per heavy atom. The first kappa shape index (κ1) is 18.7. The molecule has 3 rings (SSSR count). The SMILES string of the molecule is O=C(COc1ccc(F)cc1)NCC1(Sc2ccccc2)CCOCC1. The van der Waals surface area contributed by atoms with Crippen molar-refractivity contribution in [3.8, 4) is 5.75 Å². The molecule has 1 aliphatic heterocycles. The molecule has 2 aromatic rings. The standard InChI is InChI=1S/C20H22FNO3S/c21-16-6-8-17(9-7-16)25-14-19(23)22-15-20(10-12-24-13-11-20)26-18-4-2-1-3-5-18/h1-9H,10-15H2,(H,22,23). The Morgan fingerprint density at radius 1 is 1.12 bits per heavy atom. The van der Waals surface area contributed by atoms with E-state index in [0.29, 0.717) is 25.5 Å². The number of ether oxygens (including phenoxy) is 2. The molecule has 1 N–H and O–H groups in total. The van der Waals surface area contributed by atoms with Crippen molar-refractivity contribution in [2.24, 2.45) is 0 Å². The largest absolute Gasteiger partial charge is 0.484 e. The van der Waals surface area contributed by atoms with Crippen molar-refractivity contribution in [2.45, 2.75) is 22.5 Å². The summed E-state index contributed by atoms with van der Waals surface area (Å²) in [6.07, 6.45) is 1.76. The van der Waals surface area contributed by atoms with Crippen molar-refractivity contribution in [3.05, 3.63) is 60.4 Å². The molecule has 1 saturated heterocycles. The average Bonchev–Trinajstić information content (AvgIpc) is 2.67. The molecular formula is C20H22FNO3S. The Balaban J connectivity index is 1.53. The quantitative estimate of drug-likeness (QED) is 0.802. The maximum atomic E-state index is 12.9. The Morgan fingerprint density at radius 2 is 1.81 bits per heavy atom. The van der Waals surface area contributed by atoms with E-state index in [1.165, 1.54) is 29.2 Å². The molecule has 0 bridgehead atoms. The van der Waals surface area contributed by atoms with Gasteiger partial charge in [0.1, 0.15) is 11.6 Å². The summed E-state index contributed by atoms with van der Waals surface area (Å²) in [5.41, 5.74) is 0. The van der Waals surface area contributed by atoms with Gasteiger partial charge in [0.05, 0.1) is 0 Å². The summed E-state index contributed by atoms with van der Waals surface area (Å²) in [5.74, 6) is -0.0453. The highest BCUT2D eigenvalue weighted by Gasteiger charge is 2.34. The predicted molar refractivity (Wildman–Crippen MR) is 100.0 cm³/mol. The van der Waals surface area contributed by atoms with Crippen molar-refractivity contribution in [3.63, 3.8) is 0 Å². The molecule has 26 heavy (non-hydrogen) atoms. The molecule has 138 valence electrons. The van der Waals surface area contributed by atoms with Gasteiger partial charge in [-0.3, -0.25) is 4.79 Å². The third-order valence-corrected chi connectivity index (χ3v) is 5.77. The van der Waals surface area contributed by atoms with Crippen LogP contribution in [0.25, 0.3) is 0 Å². The van der Waals surface area contributed by atoms with E-state index in [4.69, 9.17) is 9.47 Å². The van der Waals surface area contributed by atoms with Crippen LogP contribution in [0.3, 0.4) is 0 Å². The predicted octanol–water partition coefficient (Wildman–Crippen LogP) is 3.66. The number of thioether (sulfide) groups is 1. The second-order valence-electron chi connectivity index (χ2n) is 6.23. The Bertz CT molecular complexity index is 703. The van der Waals surface area contributed by atoms with E-state index in [9.17, 15) is 9.18 Å². The van der Waals surface area contributed by atoms with Gasteiger partial charge in [-0.25, -0.2) is 4.39 Å². The fourth-order valence-electron chi connectivity index (χ4n) is 2.79. The summed E-state index contributed by atoms with van der Waals surface area (Å²) in [4.78, 5) is 13.4. The normalized spacial score (nSPS) is 16.0. The Kier molecular flexibility index (Phi) is 6.52. The summed E-state index contributed by atoms with van der Waals surface area (Å²) in [5, 5.41) is 2.98. The number of carbonyl (C=O) groups excluding carboxylic acids is 1. The molecule has 0 saturated carbocycles. The highest BCUT2D eigenvalue weighted by molar-refractivity contribution is 8.00. The molecule has 1 amide bonds. The van der Waals surface area contributed by atoms with Gasteiger partial charge in [0.2, 0.25) is 0 Å². The number of amides is 1. The Labute approximate surface area is 157 Å². The van der Waals surface area contributed by atoms with Crippen LogP contribution in [-0.4, -0.2) is 37.0 Å². The molecule has 0 aromatic heterocycles. The number of nitrogens with one attached hydrogen (secondary N) is 1. The lowest BCUT2D eigenvalue weighted by Gasteiger charge is -2.36. The van der Waals surface area contributed by atoms with Crippen LogP contribution in [0.1, 0.15) is 12.8 Å². The van der Waals surface area contributed by atoms with Crippen LogP contribution in [0.2, 0.25) is 0 Å². The topological polar surface area (TPSA) is 47.6 Å². The van der Waals surface area contributed by atoms with Gasteiger partial charge in [0, 0.05) is 29.4 Å². The molecule has 1 aliphatic rings. The van der Waals surface area contributed by atoms with Gasteiger partial charge in [-0.1, -0.05) is 18.2 Å². The van der Waals surface area contributed by atoms with E-state index in [1.807, 2.05) is 18.2 Å². The molecule has 1 fully saturated rings. The van der Waals surface area contributed by atoms with Crippen LogP contribution in [-0.2, 0) is 9.53 Å². The summed E-state index contributed by atoms with van der Waals surface area (Å²) >= 11 is 1.79. The Hall–Kier alpha value is -2.05. The first-order valence-corrected chi connectivity index (χ1v) is 9.44.